The summed E-state index contributed by atoms with van der Waals surface area (Å²) in [7, 11) is 0. The van der Waals surface area contributed by atoms with Crippen LogP contribution in [0, 0.1) is 0 Å². The lowest BCUT2D eigenvalue weighted by Crippen LogP contribution is -1.99. The summed E-state index contributed by atoms with van der Waals surface area (Å²) in [5, 5.41) is 7.52. The third kappa shape index (κ3) is 2.14. The van der Waals surface area contributed by atoms with Crippen LogP contribution >= 0.6 is 11.3 Å². The van der Waals surface area contributed by atoms with Crippen LogP contribution in [-0.4, -0.2) is 14.5 Å². The van der Waals surface area contributed by atoms with Crippen molar-refractivity contribution in [1.82, 2.24) is 14.5 Å². The third-order valence-electron chi connectivity index (χ3n) is 5.88. The molecule has 140 valence electrons. The van der Waals surface area contributed by atoms with Crippen LogP contribution in [0.1, 0.15) is 0 Å². The molecule has 0 spiro atoms. The molecule has 0 fully saturated rings. The summed E-state index contributed by atoms with van der Waals surface area (Å²) in [5.74, 6) is 0.701. The number of hydrogen-bond acceptors (Lipinski definition) is 3. The van der Waals surface area contributed by atoms with Crippen LogP contribution in [0.2, 0.25) is 0 Å². The number of benzene rings is 4. The molecule has 7 aromatic rings. The molecule has 0 aliphatic rings. The predicted octanol–water partition coefficient (Wildman–Crippen LogP) is 7.09. The van der Waals surface area contributed by atoms with Gasteiger partial charge in [-0.3, -0.25) is 4.57 Å². The fourth-order valence-electron chi connectivity index (χ4n) is 4.54. The van der Waals surface area contributed by atoms with E-state index in [1.165, 1.54) is 41.7 Å². The Morgan fingerprint density at radius 1 is 0.567 bits per heavy atom. The summed E-state index contributed by atoms with van der Waals surface area (Å²) < 4.78 is 4.82. The van der Waals surface area contributed by atoms with Crippen molar-refractivity contribution in [2.45, 2.75) is 0 Å². The number of thiophene rings is 1. The van der Waals surface area contributed by atoms with E-state index >= 15 is 0 Å². The van der Waals surface area contributed by atoms with E-state index in [1.54, 1.807) is 12.4 Å². The summed E-state index contributed by atoms with van der Waals surface area (Å²) in [6.45, 7) is 0. The molecule has 0 unspecified atom stereocenters. The van der Waals surface area contributed by atoms with Crippen molar-refractivity contribution in [2.24, 2.45) is 0 Å². The molecule has 7 rings (SSSR count). The van der Waals surface area contributed by atoms with Crippen molar-refractivity contribution < 1.29 is 0 Å². The molecular formula is C26H15N3S. The normalized spacial score (nSPS) is 12.0. The van der Waals surface area contributed by atoms with Gasteiger partial charge in [-0.05, 0) is 47.2 Å². The Labute approximate surface area is 175 Å². The molecule has 3 heterocycles. The molecule has 0 saturated heterocycles. The van der Waals surface area contributed by atoms with E-state index in [9.17, 15) is 0 Å². The van der Waals surface area contributed by atoms with Gasteiger partial charge in [0.15, 0.2) is 0 Å². The monoisotopic (exact) mass is 401 g/mol. The lowest BCUT2D eigenvalue weighted by Gasteiger charge is -2.06. The van der Waals surface area contributed by atoms with E-state index in [-0.39, 0.29) is 0 Å². The Bertz CT molecular complexity index is 1740. The average molecular weight is 401 g/mol. The SMILES string of the molecule is c1cnc(-n2c3cc4ccccc4cc3c3cc4sc5ccccc5c4cc32)nc1. The zero-order chi connectivity index (χ0) is 19.7. The Balaban J connectivity index is 1.73. The summed E-state index contributed by atoms with van der Waals surface area (Å²) >= 11 is 1.85. The first kappa shape index (κ1) is 16.1. The minimum Gasteiger partial charge on any atom is -0.278 e. The van der Waals surface area contributed by atoms with E-state index in [1.807, 2.05) is 17.4 Å². The maximum absolute atomic E-state index is 4.59. The van der Waals surface area contributed by atoms with E-state index in [0.717, 1.165) is 11.0 Å². The van der Waals surface area contributed by atoms with Gasteiger partial charge >= 0.3 is 0 Å². The highest BCUT2D eigenvalue weighted by Crippen LogP contribution is 2.40. The van der Waals surface area contributed by atoms with E-state index < -0.39 is 0 Å². The van der Waals surface area contributed by atoms with Gasteiger partial charge in [0.2, 0.25) is 5.95 Å². The topological polar surface area (TPSA) is 30.7 Å². The van der Waals surface area contributed by atoms with Crippen molar-refractivity contribution in [3.8, 4) is 5.95 Å². The first-order valence-corrected chi connectivity index (χ1v) is 10.7. The highest BCUT2D eigenvalue weighted by Gasteiger charge is 2.17. The smallest absolute Gasteiger partial charge is 0.234 e. The van der Waals surface area contributed by atoms with Crippen LogP contribution in [0.5, 0.6) is 0 Å². The Morgan fingerprint density at radius 2 is 1.27 bits per heavy atom. The zero-order valence-corrected chi connectivity index (χ0v) is 16.7. The zero-order valence-electron chi connectivity index (χ0n) is 15.9. The first-order chi connectivity index (χ1) is 14.9. The lowest BCUT2D eigenvalue weighted by molar-refractivity contribution is 0.989. The fourth-order valence-corrected chi connectivity index (χ4v) is 5.67. The Kier molecular flexibility index (Phi) is 3.15. The second-order valence-electron chi connectivity index (χ2n) is 7.56. The first-order valence-electron chi connectivity index (χ1n) is 9.92. The molecule has 4 heteroatoms. The predicted molar refractivity (Wildman–Crippen MR) is 127 cm³/mol. The lowest BCUT2D eigenvalue weighted by atomic mass is 10.1. The largest absolute Gasteiger partial charge is 0.278 e. The van der Waals surface area contributed by atoms with Crippen LogP contribution < -0.4 is 0 Å². The van der Waals surface area contributed by atoms with Gasteiger partial charge in [0.1, 0.15) is 0 Å². The van der Waals surface area contributed by atoms with E-state index in [4.69, 9.17) is 0 Å². The Hall–Kier alpha value is -3.76. The van der Waals surface area contributed by atoms with Crippen LogP contribution in [0.25, 0.3) is 58.7 Å². The van der Waals surface area contributed by atoms with Gasteiger partial charge in [0.05, 0.1) is 11.0 Å². The fraction of sp³-hybridized carbons (Fsp3) is 0. The number of aromatic nitrogens is 3. The van der Waals surface area contributed by atoms with Crippen LogP contribution in [0.15, 0.2) is 91.3 Å². The molecule has 0 radical (unpaired) electrons. The standard InChI is InChI=1S/C26H15N3S/c1-2-7-17-13-22-19(12-16(17)6-1)20-15-25-21(18-8-3-4-9-24(18)30-25)14-23(20)29(22)26-27-10-5-11-28-26/h1-15H. The number of hydrogen-bond donors (Lipinski definition) is 0. The molecule has 3 aromatic heterocycles. The minimum absolute atomic E-state index is 0.701. The molecule has 0 N–H and O–H groups in total. The third-order valence-corrected chi connectivity index (χ3v) is 7.02. The van der Waals surface area contributed by atoms with Crippen molar-refractivity contribution in [3.63, 3.8) is 0 Å². The van der Waals surface area contributed by atoms with Gasteiger partial charge in [0.25, 0.3) is 0 Å². The van der Waals surface area contributed by atoms with Crippen molar-refractivity contribution in [2.75, 3.05) is 0 Å². The van der Waals surface area contributed by atoms with Crippen LogP contribution in [0.3, 0.4) is 0 Å². The van der Waals surface area contributed by atoms with Gasteiger partial charge in [-0.2, -0.15) is 0 Å². The number of fused-ring (bicyclic) bond motifs is 7. The minimum atomic E-state index is 0.701. The maximum Gasteiger partial charge on any atom is 0.234 e. The van der Waals surface area contributed by atoms with Crippen LogP contribution in [0.4, 0.5) is 0 Å². The van der Waals surface area contributed by atoms with Crippen molar-refractivity contribution in [3.05, 3.63) is 91.3 Å². The van der Waals surface area contributed by atoms with Gasteiger partial charge in [-0.25, -0.2) is 9.97 Å². The van der Waals surface area contributed by atoms with Gasteiger partial charge in [-0.15, -0.1) is 11.3 Å². The maximum atomic E-state index is 4.59. The van der Waals surface area contributed by atoms with Crippen LogP contribution in [-0.2, 0) is 0 Å². The summed E-state index contributed by atoms with van der Waals surface area (Å²) in [4.78, 5) is 9.17. The van der Waals surface area contributed by atoms with E-state index in [0.29, 0.717) is 5.95 Å². The quantitative estimate of drug-likeness (QED) is 0.294. The highest BCUT2D eigenvalue weighted by molar-refractivity contribution is 7.25. The number of nitrogens with zero attached hydrogens (tertiary/aromatic N) is 3. The van der Waals surface area contributed by atoms with Crippen molar-refractivity contribution >= 4 is 64.1 Å². The molecule has 0 atom stereocenters. The molecule has 0 saturated carbocycles. The Morgan fingerprint density at radius 3 is 2.13 bits per heavy atom. The molecule has 4 aromatic carbocycles. The van der Waals surface area contributed by atoms with Crippen molar-refractivity contribution in [1.29, 1.82) is 0 Å². The second-order valence-corrected chi connectivity index (χ2v) is 8.65. The highest BCUT2D eigenvalue weighted by atomic mass is 32.1. The molecule has 30 heavy (non-hydrogen) atoms. The molecular weight excluding hydrogens is 386 g/mol. The molecule has 0 aliphatic heterocycles. The average Bonchev–Trinajstić information content (AvgIpc) is 3.31. The summed E-state index contributed by atoms with van der Waals surface area (Å²) in [6.07, 6.45) is 3.61. The van der Waals surface area contributed by atoms with E-state index in [2.05, 4.69) is 87.3 Å². The van der Waals surface area contributed by atoms with Gasteiger partial charge in [-0.1, -0.05) is 42.5 Å². The van der Waals surface area contributed by atoms with Gasteiger partial charge < -0.3 is 0 Å². The number of rotatable bonds is 1. The molecule has 3 nitrogen and oxygen atoms in total. The summed E-state index contributed by atoms with van der Waals surface area (Å²) in [6, 6.07) is 28.2. The second kappa shape index (κ2) is 5.88. The summed E-state index contributed by atoms with van der Waals surface area (Å²) in [5.41, 5.74) is 2.28. The van der Waals surface area contributed by atoms with Gasteiger partial charge in [0, 0.05) is 43.3 Å². The molecule has 0 aliphatic carbocycles. The molecule has 0 amide bonds. The molecule has 0 bridgehead atoms.